The van der Waals surface area contributed by atoms with E-state index in [2.05, 4.69) is 0 Å². The van der Waals surface area contributed by atoms with E-state index >= 15 is 0 Å². The van der Waals surface area contributed by atoms with Crippen molar-refractivity contribution in [1.29, 1.82) is 0 Å². The van der Waals surface area contributed by atoms with Crippen LogP contribution in [0.25, 0.3) is 17.2 Å². The van der Waals surface area contributed by atoms with E-state index < -0.39 is 36.0 Å². The zero-order valence-corrected chi connectivity index (χ0v) is 17.9. The number of carbonyl (C=O) groups is 3. The number of likely N-dealkylation sites (N-methyl/N-ethyl adjacent to an activating group) is 1. The van der Waals surface area contributed by atoms with Gasteiger partial charge < -0.3 is 10.0 Å². The number of carboxylic acid groups (broad SMARTS) is 1. The maximum atomic E-state index is 13.5. The van der Waals surface area contributed by atoms with E-state index in [9.17, 15) is 23.2 Å². The summed E-state index contributed by atoms with van der Waals surface area (Å²) in [4.78, 5) is 38.6. The van der Waals surface area contributed by atoms with Crippen molar-refractivity contribution in [2.75, 3.05) is 20.1 Å². The molecule has 2 heterocycles. The van der Waals surface area contributed by atoms with Gasteiger partial charge in [-0.3, -0.25) is 19.3 Å². The summed E-state index contributed by atoms with van der Waals surface area (Å²) in [6, 6.07) is 5.34. The van der Waals surface area contributed by atoms with Crippen LogP contribution in [0.15, 0.2) is 34.6 Å². The van der Waals surface area contributed by atoms with E-state index in [1.165, 1.54) is 24.5 Å². The molecule has 1 aliphatic heterocycles. The molecule has 1 aliphatic rings. The second-order valence-electron chi connectivity index (χ2n) is 6.28. The molecule has 0 bridgehead atoms. The maximum Gasteiger partial charge on any atom is 0.323 e. The Morgan fingerprint density at radius 1 is 1.23 bits per heavy atom. The summed E-state index contributed by atoms with van der Waals surface area (Å²) in [5.74, 6) is -4.04. The molecular formula is C19H14F2N2O4S3. The highest BCUT2D eigenvalue weighted by Gasteiger charge is 2.34. The SMILES string of the molecule is CN(CC(=O)O)C(=O)CN1C(=O)/C(=C/c2cc(-c3ccc(F)c(F)c3)cs2)SC1=S. The lowest BCUT2D eigenvalue weighted by Crippen LogP contribution is -2.42. The van der Waals surface area contributed by atoms with Gasteiger partial charge in [-0.05, 0) is 40.8 Å². The minimum atomic E-state index is -1.16. The van der Waals surface area contributed by atoms with Crippen molar-refractivity contribution in [3.8, 4) is 11.1 Å². The Labute approximate surface area is 183 Å². The number of carbonyl (C=O) groups excluding carboxylic acids is 2. The molecular weight excluding hydrogens is 454 g/mol. The van der Waals surface area contributed by atoms with Crippen LogP contribution in [0.2, 0.25) is 0 Å². The highest BCUT2D eigenvalue weighted by molar-refractivity contribution is 8.26. The molecule has 1 aromatic carbocycles. The van der Waals surface area contributed by atoms with Gasteiger partial charge in [-0.1, -0.05) is 30.0 Å². The number of amides is 2. The van der Waals surface area contributed by atoms with Crippen molar-refractivity contribution in [3.63, 3.8) is 0 Å². The monoisotopic (exact) mass is 468 g/mol. The van der Waals surface area contributed by atoms with Gasteiger partial charge in [0, 0.05) is 11.9 Å². The molecule has 0 aliphatic carbocycles. The van der Waals surface area contributed by atoms with E-state index in [-0.39, 0.29) is 10.9 Å². The van der Waals surface area contributed by atoms with Crippen molar-refractivity contribution < 1.29 is 28.3 Å². The molecule has 0 unspecified atom stereocenters. The lowest BCUT2D eigenvalue weighted by molar-refractivity contribution is -0.144. The van der Waals surface area contributed by atoms with Crippen LogP contribution in [0.4, 0.5) is 8.78 Å². The van der Waals surface area contributed by atoms with Gasteiger partial charge in [0.05, 0.1) is 4.91 Å². The Morgan fingerprint density at radius 3 is 2.63 bits per heavy atom. The summed E-state index contributed by atoms with van der Waals surface area (Å²) in [6.07, 6.45) is 1.61. The van der Waals surface area contributed by atoms with Gasteiger partial charge in [0.15, 0.2) is 11.6 Å². The minimum absolute atomic E-state index is 0.195. The van der Waals surface area contributed by atoms with Crippen LogP contribution in [0.5, 0.6) is 0 Å². The maximum absolute atomic E-state index is 13.5. The molecule has 0 atom stereocenters. The van der Waals surface area contributed by atoms with Gasteiger partial charge in [0.1, 0.15) is 17.4 Å². The van der Waals surface area contributed by atoms with E-state index in [0.29, 0.717) is 20.9 Å². The molecule has 2 aromatic rings. The third kappa shape index (κ3) is 4.91. The molecule has 1 fully saturated rings. The molecule has 1 aromatic heterocycles. The number of halogens is 2. The van der Waals surface area contributed by atoms with Crippen LogP contribution in [0.1, 0.15) is 4.88 Å². The number of thioether (sulfide) groups is 1. The number of aliphatic carboxylic acids is 1. The Morgan fingerprint density at radius 2 is 1.97 bits per heavy atom. The van der Waals surface area contributed by atoms with Crippen molar-refractivity contribution in [2.45, 2.75) is 0 Å². The van der Waals surface area contributed by atoms with E-state index in [1.54, 1.807) is 17.5 Å². The first-order valence-electron chi connectivity index (χ1n) is 8.41. The quantitative estimate of drug-likeness (QED) is 0.517. The number of rotatable bonds is 6. The second kappa shape index (κ2) is 9.02. The van der Waals surface area contributed by atoms with Gasteiger partial charge in [-0.25, -0.2) is 8.78 Å². The summed E-state index contributed by atoms with van der Waals surface area (Å²) < 4.78 is 26.8. The molecule has 156 valence electrons. The van der Waals surface area contributed by atoms with E-state index in [1.807, 2.05) is 0 Å². The smallest absolute Gasteiger partial charge is 0.323 e. The normalized spacial score (nSPS) is 15.2. The lowest BCUT2D eigenvalue weighted by atomic mass is 10.1. The fourth-order valence-corrected chi connectivity index (χ4v) is 4.74. The number of nitrogens with zero attached hydrogens (tertiary/aromatic N) is 2. The number of thiocarbonyl (C=S) groups is 1. The predicted octanol–water partition coefficient (Wildman–Crippen LogP) is 3.44. The summed E-state index contributed by atoms with van der Waals surface area (Å²) in [6.45, 7) is -0.832. The Balaban J connectivity index is 1.74. The molecule has 1 N–H and O–H groups in total. The van der Waals surface area contributed by atoms with Gasteiger partial charge in [0.2, 0.25) is 5.91 Å². The van der Waals surface area contributed by atoms with E-state index in [4.69, 9.17) is 17.3 Å². The molecule has 30 heavy (non-hydrogen) atoms. The fourth-order valence-electron chi connectivity index (χ4n) is 2.57. The lowest BCUT2D eigenvalue weighted by Gasteiger charge is -2.19. The van der Waals surface area contributed by atoms with Crippen molar-refractivity contribution >= 4 is 63.5 Å². The summed E-state index contributed by atoms with van der Waals surface area (Å²) in [5.41, 5.74) is 1.18. The van der Waals surface area contributed by atoms with Gasteiger partial charge >= 0.3 is 5.97 Å². The first kappa shape index (κ1) is 22.1. The van der Waals surface area contributed by atoms with Crippen molar-refractivity contribution in [1.82, 2.24) is 9.80 Å². The van der Waals surface area contributed by atoms with Crippen LogP contribution in [-0.4, -0.2) is 57.1 Å². The fraction of sp³-hybridized carbons (Fsp3) is 0.158. The topological polar surface area (TPSA) is 77.9 Å². The first-order valence-corrected chi connectivity index (χ1v) is 10.5. The Hall–Kier alpha value is -2.63. The van der Waals surface area contributed by atoms with Crippen LogP contribution in [0, 0.1) is 11.6 Å². The summed E-state index contributed by atoms with van der Waals surface area (Å²) >= 11 is 7.52. The molecule has 0 saturated carbocycles. The van der Waals surface area contributed by atoms with Crippen LogP contribution in [-0.2, 0) is 14.4 Å². The summed E-state index contributed by atoms with van der Waals surface area (Å²) in [7, 11) is 1.33. The van der Waals surface area contributed by atoms with Gasteiger partial charge in [0.25, 0.3) is 5.91 Å². The number of thiophene rings is 1. The highest BCUT2D eigenvalue weighted by atomic mass is 32.2. The third-order valence-corrected chi connectivity index (χ3v) is 6.37. The third-order valence-electron chi connectivity index (χ3n) is 4.11. The first-order chi connectivity index (χ1) is 14.2. The molecule has 0 spiro atoms. The second-order valence-corrected chi connectivity index (χ2v) is 8.90. The van der Waals surface area contributed by atoms with Crippen LogP contribution < -0.4 is 0 Å². The number of hydrogen-bond acceptors (Lipinski definition) is 6. The van der Waals surface area contributed by atoms with Gasteiger partial charge in [-0.2, -0.15) is 0 Å². The average molecular weight is 469 g/mol. The van der Waals surface area contributed by atoms with Gasteiger partial charge in [-0.15, -0.1) is 11.3 Å². The molecule has 11 heteroatoms. The molecule has 2 amide bonds. The average Bonchev–Trinajstić information content (AvgIpc) is 3.24. The van der Waals surface area contributed by atoms with Crippen LogP contribution in [0.3, 0.4) is 0 Å². The molecule has 1 saturated heterocycles. The van der Waals surface area contributed by atoms with Crippen LogP contribution >= 0.6 is 35.3 Å². The number of benzene rings is 1. The molecule has 3 rings (SSSR count). The number of carboxylic acids is 1. The predicted molar refractivity (Wildman–Crippen MR) is 115 cm³/mol. The van der Waals surface area contributed by atoms with Crippen molar-refractivity contribution in [2.24, 2.45) is 0 Å². The largest absolute Gasteiger partial charge is 0.480 e. The zero-order chi connectivity index (χ0) is 22.0. The standard InChI is InChI=1S/C19H14F2N2O4S3/c1-22(8-17(25)26)16(24)7-23-18(27)15(30-19(23)28)6-12-4-11(9-29-12)10-2-3-13(20)14(21)5-10/h2-6,9H,7-8H2,1H3,(H,25,26)/b15-6-. The Bertz CT molecular complexity index is 1080. The summed E-state index contributed by atoms with van der Waals surface area (Å²) in [5, 5.41) is 10.5. The van der Waals surface area contributed by atoms with Crippen molar-refractivity contribution in [3.05, 3.63) is 51.1 Å². The zero-order valence-electron chi connectivity index (χ0n) is 15.4. The minimum Gasteiger partial charge on any atom is -0.480 e. The Kier molecular flexibility index (Phi) is 6.64. The number of hydrogen-bond donors (Lipinski definition) is 1. The molecule has 0 radical (unpaired) electrons. The van der Waals surface area contributed by atoms with E-state index in [0.717, 1.165) is 33.7 Å². The highest BCUT2D eigenvalue weighted by Crippen LogP contribution is 2.35. The molecule has 6 nitrogen and oxygen atoms in total.